The van der Waals surface area contributed by atoms with E-state index >= 15 is 0 Å². The smallest absolute Gasteiger partial charge is 0.310 e. The number of carbonyl (C=O) groups excluding carboxylic acids is 1. The maximum absolute atomic E-state index is 11.9. The van der Waals surface area contributed by atoms with Crippen LogP contribution in [0, 0.1) is 5.92 Å². The van der Waals surface area contributed by atoms with Crippen LogP contribution in [0.4, 0.5) is 0 Å². The van der Waals surface area contributed by atoms with Gasteiger partial charge in [-0.25, -0.2) is 0 Å². The summed E-state index contributed by atoms with van der Waals surface area (Å²) >= 11 is 0. The number of nitrogens with zero attached hydrogens (tertiary/aromatic N) is 2. The Kier molecular flexibility index (Phi) is 3.06. The molecule has 0 bridgehead atoms. The first-order valence-corrected chi connectivity index (χ1v) is 5.29. The molecule has 0 unspecified atom stereocenters. The summed E-state index contributed by atoms with van der Waals surface area (Å²) in [7, 11) is 0. The molecule has 0 radical (unpaired) electrons. The van der Waals surface area contributed by atoms with Crippen molar-refractivity contribution in [2.24, 2.45) is 11.7 Å². The van der Waals surface area contributed by atoms with Crippen molar-refractivity contribution >= 4 is 11.9 Å². The molecular formula is C11H13N3O3. The number of aliphatic carboxylic acids is 1. The third-order valence-corrected chi connectivity index (χ3v) is 2.79. The van der Waals surface area contributed by atoms with Gasteiger partial charge in [-0.2, -0.15) is 0 Å². The molecule has 0 aliphatic carbocycles. The highest BCUT2D eigenvalue weighted by atomic mass is 16.4. The first-order valence-electron chi connectivity index (χ1n) is 5.29. The van der Waals surface area contributed by atoms with E-state index in [1.165, 1.54) is 11.1 Å². The summed E-state index contributed by atoms with van der Waals surface area (Å²) < 4.78 is 0. The Bertz CT molecular complexity index is 455. The number of likely N-dealkylation sites (tertiary alicyclic amines) is 1. The largest absolute Gasteiger partial charge is 0.481 e. The Labute approximate surface area is 98.1 Å². The van der Waals surface area contributed by atoms with E-state index in [2.05, 4.69) is 4.98 Å². The molecule has 0 saturated carbocycles. The van der Waals surface area contributed by atoms with Gasteiger partial charge < -0.3 is 15.7 Å². The number of aromatic nitrogens is 1. The van der Waals surface area contributed by atoms with Crippen molar-refractivity contribution in [2.75, 3.05) is 13.1 Å². The molecule has 1 aliphatic rings. The van der Waals surface area contributed by atoms with Crippen molar-refractivity contribution in [2.45, 2.75) is 6.54 Å². The third kappa shape index (κ3) is 2.26. The van der Waals surface area contributed by atoms with Gasteiger partial charge >= 0.3 is 5.97 Å². The molecule has 1 aliphatic heterocycles. The topological polar surface area (TPSA) is 96.5 Å². The zero-order valence-corrected chi connectivity index (χ0v) is 9.17. The second-order valence-electron chi connectivity index (χ2n) is 3.99. The Morgan fingerprint density at radius 1 is 1.53 bits per heavy atom. The van der Waals surface area contributed by atoms with Gasteiger partial charge in [0, 0.05) is 31.4 Å². The van der Waals surface area contributed by atoms with Crippen molar-refractivity contribution in [3.8, 4) is 0 Å². The van der Waals surface area contributed by atoms with E-state index in [1.54, 1.807) is 12.1 Å². The number of nitrogens with two attached hydrogens (primary N) is 1. The highest BCUT2D eigenvalue weighted by molar-refractivity contribution is 5.95. The van der Waals surface area contributed by atoms with Crippen LogP contribution in [0.2, 0.25) is 0 Å². The summed E-state index contributed by atoms with van der Waals surface area (Å²) in [5.74, 6) is -1.46. The molecule has 6 heteroatoms. The van der Waals surface area contributed by atoms with Gasteiger partial charge in [0.25, 0.3) is 5.91 Å². The minimum Gasteiger partial charge on any atom is -0.481 e. The Morgan fingerprint density at radius 2 is 2.24 bits per heavy atom. The van der Waals surface area contributed by atoms with Crippen LogP contribution in [0.25, 0.3) is 0 Å². The van der Waals surface area contributed by atoms with Gasteiger partial charge in [0.05, 0.1) is 11.6 Å². The fraction of sp³-hybridized carbons (Fsp3) is 0.364. The summed E-state index contributed by atoms with van der Waals surface area (Å²) in [4.78, 5) is 28.1. The summed E-state index contributed by atoms with van der Waals surface area (Å²) in [6.45, 7) is 0.821. The maximum atomic E-state index is 11.9. The van der Waals surface area contributed by atoms with E-state index in [-0.39, 0.29) is 25.5 Å². The monoisotopic (exact) mass is 235 g/mol. The van der Waals surface area contributed by atoms with Crippen LogP contribution < -0.4 is 5.73 Å². The molecule has 1 saturated heterocycles. The third-order valence-electron chi connectivity index (χ3n) is 2.79. The zero-order chi connectivity index (χ0) is 12.4. The highest BCUT2D eigenvalue weighted by Crippen LogP contribution is 2.18. The van der Waals surface area contributed by atoms with Gasteiger partial charge in [-0.15, -0.1) is 0 Å². The summed E-state index contributed by atoms with van der Waals surface area (Å²) in [6.07, 6.45) is 1.53. The maximum Gasteiger partial charge on any atom is 0.310 e. The summed E-state index contributed by atoms with van der Waals surface area (Å²) in [6, 6.07) is 3.24. The van der Waals surface area contributed by atoms with Crippen LogP contribution in [-0.4, -0.2) is 40.0 Å². The summed E-state index contributed by atoms with van der Waals surface area (Å²) in [5, 5.41) is 8.72. The average molecular weight is 235 g/mol. The minimum atomic E-state index is -0.855. The molecule has 1 amide bonds. The van der Waals surface area contributed by atoms with E-state index in [9.17, 15) is 9.59 Å². The van der Waals surface area contributed by atoms with E-state index in [1.807, 2.05) is 0 Å². The molecule has 1 aromatic rings. The normalized spacial score (nSPS) is 15.5. The molecule has 6 nitrogen and oxygen atoms in total. The number of carbonyl (C=O) groups is 2. The molecule has 1 aromatic heterocycles. The number of pyridine rings is 1. The quantitative estimate of drug-likeness (QED) is 0.749. The molecule has 90 valence electrons. The van der Waals surface area contributed by atoms with E-state index in [4.69, 9.17) is 10.8 Å². The van der Waals surface area contributed by atoms with Crippen molar-refractivity contribution in [3.05, 3.63) is 29.6 Å². The van der Waals surface area contributed by atoms with Gasteiger partial charge in [-0.05, 0) is 12.1 Å². The van der Waals surface area contributed by atoms with Gasteiger partial charge in [-0.3, -0.25) is 14.6 Å². The average Bonchev–Trinajstić information content (AvgIpc) is 2.26. The second-order valence-corrected chi connectivity index (χ2v) is 3.99. The molecule has 2 rings (SSSR count). The van der Waals surface area contributed by atoms with Crippen LogP contribution >= 0.6 is 0 Å². The van der Waals surface area contributed by atoms with Crippen LogP contribution in [0.15, 0.2) is 18.3 Å². The first kappa shape index (κ1) is 11.5. The zero-order valence-electron chi connectivity index (χ0n) is 9.17. The molecule has 0 aromatic carbocycles. The molecule has 3 N–H and O–H groups in total. The van der Waals surface area contributed by atoms with Crippen molar-refractivity contribution in [3.63, 3.8) is 0 Å². The predicted molar refractivity (Wildman–Crippen MR) is 59.2 cm³/mol. The second kappa shape index (κ2) is 4.50. The lowest BCUT2D eigenvalue weighted by atomic mass is 9.99. The Morgan fingerprint density at radius 3 is 2.82 bits per heavy atom. The van der Waals surface area contributed by atoms with Crippen LogP contribution in [0.1, 0.15) is 16.1 Å². The molecule has 0 spiro atoms. The van der Waals surface area contributed by atoms with Crippen molar-refractivity contribution in [1.29, 1.82) is 0 Å². The fourth-order valence-electron chi connectivity index (χ4n) is 1.71. The minimum absolute atomic E-state index is 0.167. The Hall–Kier alpha value is -1.95. The molecule has 17 heavy (non-hydrogen) atoms. The number of rotatable bonds is 3. The van der Waals surface area contributed by atoms with Crippen molar-refractivity contribution < 1.29 is 14.7 Å². The SMILES string of the molecule is NCc1cc(C(=O)N2CC(C(=O)O)C2)ccn1. The lowest BCUT2D eigenvalue weighted by molar-refractivity contribution is -0.146. The first-order chi connectivity index (χ1) is 8.11. The molecule has 0 atom stereocenters. The summed E-state index contributed by atoms with van der Waals surface area (Å²) in [5.41, 5.74) is 6.59. The van der Waals surface area contributed by atoms with Crippen LogP contribution in [-0.2, 0) is 11.3 Å². The fourth-order valence-corrected chi connectivity index (χ4v) is 1.71. The number of amides is 1. The number of carboxylic acids is 1. The standard InChI is InChI=1S/C11H13N3O3/c12-4-9-3-7(1-2-13-9)10(15)14-5-8(6-14)11(16)17/h1-3,8H,4-6,12H2,(H,16,17). The van der Waals surface area contributed by atoms with Gasteiger partial charge in [0.15, 0.2) is 0 Å². The lowest BCUT2D eigenvalue weighted by Gasteiger charge is -2.36. The Balaban J connectivity index is 2.03. The van der Waals surface area contributed by atoms with Gasteiger partial charge in [-0.1, -0.05) is 0 Å². The van der Waals surface area contributed by atoms with E-state index < -0.39 is 11.9 Å². The van der Waals surface area contributed by atoms with E-state index in [0.717, 1.165) is 0 Å². The number of hydrogen-bond donors (Lipinski definition) is 2. The van der Waals surface area contributed by atoms with Gasteiger partial charge in [0.1, 0.15) is 0 Å². The highest BCUT2D eigenvalue weighted by Gasteiger charge is 2.35. The lowest BCUT2D eigenvalue weighted by Crippen LogP contribution is -2.53. The van der Waals surface area contributed by atoms with Crippen molar-refractivity contribution in [1.82, 2.24) is 9.88 Å². The van der Waals surface area contributed by atoms with Crippen LogP contribution in [0.3, 0.4) is 0 Å². The van der Waals surface area contributed by atoms with Crippen LogP contribution in [0.5, 0.6) is 0 Å². The molecule has 2 heterocycles. The predicted octanol–water partition coefficient (Wildman–Crippen LogP) is -0.303. The molecule has 1 fully saturated rings. The van der Waals surface area contributed by atoms with E-state index in [0.29, 0.717) is 11.3 Å². The number of hydrogen-bond acceptors (Lipinski definition) is 4. The van der Waals surface area contributed by atoms with Gasteiger partial charge in [0.2, 0.25) is 0 Å². The number of carboxylic acid groups (broad SMARTS) is 1. The molecular weight excluding hydrogens is 222 g/mol.